The maximum absolute atomic E-state index is 10.9. The number of ether oxygens (including phenoxy) is 2. The Hall–Kier alpha value is -1.06. The van der Waals surface area contributed by atoms with Crippen LogP contribution in [0.25, 0.3) is 0 Å². The molecule has 0 bridgehead atoms. The zero-order chi connectivity index (χ0) is 14.4. The Kier molecular flexibility index (Phi) is 15.0. The third-order valence-corrected chi connectivity index (χ3v) is 2.37. The van der Waals surface area contributed by atoms with Gasteiger partial charge in [-0.05, 0) is 19.8 Å². The van der Waals surface area contributed by atoms with E-state index in [1.807, 2.05) is 20.8 Å². The number of methoxy groups -OCH3 is 1. The molecule has 0 aromatic heterocycles. The first kappa shape index (κ1) is 19.3. The van der Waals surface area contributed by atoms with Crippen molar-refractivity contribution in [1.82, 2.24) is 0 Å². The van der Waals surface area contributed by atoms with Crippen molar-refractivity contribution in [1.29, 1.82) is 0 Å². The van der Waals surface area contributed by atoms with Gasteiger partial charge in [-0.1, -0.05) is 33.6 Å². The van der Waals surface area contributed by atoms with E-state index < -0.39 is 0 Å². The standard InChI is InChI=1S/C8H16O2.C6H12O2/c1-4-6-7(3)8(9)10-5-2;1-3-4-5-6(7)8-2/h7H,4-6H2,1-3H3;3-5H2,1-2H3. The third-order valence-electron chi connectivity index (χ3n) is 2.37. The van der Waals surface area contributed by atoms with Gasteiger partial charge in [0.15, 0.2) is 0 Å². The molecule has 1 atom stereocenters. The number of carbonyl (C=O) groups excluding carboxylic acids is 2. The summed E-state index contributed by atoms with van der Waals surface area (Å²) >= 11 is 0. The first-order chi connectivity index (χ1) is 8.53. The molecule has 0 aliphatic carbocycles. The fourth-order valence-corrected chi connectivity index (χ4v) is 1.26. The van der Waals surface area contributed by atoms with E-state index in [4.69, 9.17) is 4.74 Å². The molecule has 0 aliphatic rings. The van der Waals surface area contributed by atoms with Crippen LogP contribution in [0.5, 0.6) is 0 Å². The summed E-state index contributed by atoms with van der Waals surface area (Å²) in [5, 5.41) is 0. The van der Waals surface area contributed by atoms with Crippen molar-refractivity contribution >= 4 is 11.9 Å². The number of carbonyl (C=O) groups is 2. The van der Waals surface area contributed by atoms with Gasteiger partial charge in [-0.2, -0.15) is 0 Å². The minimum Gasteiger partial charge on any atom is -0.469 e. The minimum absolute atomic E-state index is 0.0654. The number of unbranched alkanes of at least 4 members (excludes halogenated alkanes) is 1. The van der Waals surface area contributed by atoms with Gasteiger partial charge in [0.1, 0.15) is 0 Å². The first-order valence-electron chi connectivity index (χ1n) is 6.76. The highest BCUT2D eigenvalue weighted by Crippen LogP contribution is 2.06. The van der Waals surface area contributed by atoms with E-state index in [1.165, 1.54) is 7.11 Å². The van der Waals surface area contributed by atoms with Gasteiger partial charge in [0.05, 0.1) is 19.6 Å². The molecule has 1 unspecified atom stereocenters. The van der Waals surface area contributed by atoms with E-state index in [2.05, 4.69) is 11.7 Å². The monoisotopic (exact) mass is 260 g/mol. The average molecular weight is 260 g/mol. The number of hydrogen-bond acceptors (Lipinski definition) is 4. The molecule has 0 aliphatic heterocycles. The van der Waals surface area contributed by atoms with Crippen LogP contribution < -0.4 is 0 Å². The Balaban J connectivity index is 0. The van der Waals surface area contributed by atoms with Gasteiger partial charge in [0.25, 0.3) is 0 Å². The lowest BCUT2D eigenvalue weighted by Gasteiger charge is -2.07. The highest BCUT2D eigenvalue weighted by Gasteiger charge is 2.11. The molecule has 0 N–H and O–H groups in total. The Morgan fingerprint density at radius 1 is 1.11 bits per heavy atom. The summed E-state index contributed by atoms with van der Waals surface area (Å²) in [5.41, 5.74) is 0. The Morgan fingerprint density at radius 2 is 1.72 bits per heavy atom. The SMILES string of the molecule is CCCC(C)C(=O)OCC.CCCCC(=O)OC. The van der Waals surface area contributed by atoms with Crippen LogP contribution in [-0.2, 0) is 19.1 Å². The van der Waals surface area contributed by atoms with Crippen molar-refractivity contribution in [3.63, 3.8) is 0 Å². The molecular formula is C14H28O4. The second kappa shape index (κ2) is 14.0. The smallest absolute Gasteiger partial charge is 0.308 e. The Morgan fingerprint density at radius 3 is 2.11 bits per heavy atom. The fourth-order valence-electron chi connectivity index (χ4n) is 1.26. The van der Waals surface area contributed by atoms with Gasteiger partial charge in [0, 0.05) is 6.42 Å². The summed E-state index contributed by atoms with van der Waals surface area (Å²) in [4.78, 5) is 21.3. The molecule has 0 saturated carbocycles. The van der Waals surface area contributed by atoms with E-state index in [0.717, 1.165) is 25.7 Å². The Bertz CT molecular complexity index is 214. The molecule has 0 amide bonds. The van der Waals surface area contributed by atoms with Crippen LogP contribution in [0.1, 0.15) is 59.8 Å². The van der Waals surface area contributed by atoms with Crippen LogP contribution >= 0.6 is 0 Å². The largest absolute Gasteiger partial charge is 0.469 e. The second-order valence-corrected chi connectivity index (χ2v) is 4.12. The molecule has 108 valence electrons. The molecule has 0 fully saturated rings. The van der Waals surface area contributed by atoms with E-state index in [0.29, 0.717) is 13.0 Å². The van der Waals surface area contributed by atoms with Crippen molar-refractivity contribution < 1.29 is 19.1 Å². The van der Waals surface area contributed by atoms with Gasteiger partial charge in [-0.25, -0.2) is 0 Å². The molecular weight excluding hydrogens is 232 g/mol. The van der Waals surface area contributed by atoms with Gasteiger partial charge in [-0.15, -0.1) is 0 Å². The van der Waals surface area contributed by atoms with Crippen LogP contribution in [0.15, 0.2) is 0 Å². The molecule has 0 aromatic carbocycles. The lowest BCUT2D eigenvalue weighted by molar-refractivity contribution is -0.147. The third kappa shape index (κ3) is 13.0. The van der Waals surface area contributed by atoms with Crippen LogP contribution in [-0.4, -0.2) is 25.7 Å². The molecule has 4 nitrogen and oxygen atoms in total. The van der Waals surface area contributed by atoms with E-state index in [-0.39, 0.29) is 17.9 Å². The van der Waals surface area contributed by atoms with Crippen LogP contribution in [0.4, 0.5) is 0 Å². The summed E-state index contributed by atoms with van der Waals surface area (Å²) in [6, 6.07) is 0. The molecule has 18 heavy (non-hydrogen) atoms. The molecule has 0 heterocycles. The first-order valence-corrected chi connectivity index (χ1v) is 6.76. The molecule has 4 heteroatoms. The van der Waals surface area contributed by atoms with E-state index in [1.54, 1.807) is 0 Å². The van der Waals surface area contributed by atoms with Crippen molar-refractivity contribution in [2.45, 2.75) is 59.8 Å². The maximum atomic E-state index is 10.9. The van der Waals surface area contributed by atoms with Gasteiger partial charge in [-0.3, -0.25) is 9.59 Å². The predicted octanol–water partition coefficient (Wildman–Crippen LogP) is 3.34. The zero-order valence-electron chi connectivity index (χ0n) is 12.5. The number of esters is 2. The van der Waals surface area contributed by atoms with E-state index >= 15 is 0 Å². The summed E-state index contributed by atoms with van der Waals surface area (Å²) in [5.74, 6) is -0.0962. The van der Waals surface area contributed by atoms with Gasteiger partial charge in [0.2, 0.25) is 0 Å². The van der Waals surface area contributed by atoms with E-state index in [9.17, 15) is 9.59 Å². The lowest BCUT2D eigenvalue weighted by Crippen LogP contribution is -2.14. The van der Waals surface area contributed by atoms with Crippen molar-refractivity contribution in [2.24, 2.45) is 5.92 Å². The zero-order valence-corrected chi connectivity index (χ0v) is 12.5. The van der Waals surface area contributed by atoms with Crippen molar-refractivity contribution in [2.75, 3.05) is 13.7 Å². The molecule has 0 radical (unpaired) electrons. The molecule has 0 saturated heterocycles. The van der Waals surface area contributed by atoms with Crippen molar-refractivity contribution in [3.8, 4) is 0 Å². The summed E-state index contributed by atoms with van der Waals surface area (Å²) in [6.45, 7) is 8.34. The van der Waals surface area contributed by atoms with Crippen LogP contribution in [0.3, 0.4) is 0 Å². The maximum Gasteiger partial charge on any atom is 0.308 e. The van der Waals surface area contributed by atoms with Gasteiger partial charge < -0.3 is 9.47 Å². The molecule has 0 aromatic rings. The van der Waals surface area contributed by atoms with Crippen LogP contribution in [0.2, 0.25) is 0 Å². The topological polar surface area (TPSA) is 52.6 Å². The lowest BCUT2D eigenvalue weighted by atomic mass is 10.1. The van der Waals surface area contributed by atoms with Crippen LogP contribution in [0, 0.1) is 5.92 Å². The van der Waals surface area contributed by atoms with Gasteiger partial charge >= 0.3 is 11.9 Å². The normalized spacial score (nSPS) is 10.9. The fraction of sp³-hybridized carbons (Fsp3) is 0.857. The highest BCUT2D eigenvalue weighted by molar-refractivity contribution is 5.71. The minimum atomic E-state index is -0.105. The molecule has 0 spiro atoms. The summed E-state index contributed by atoms with van der Waals surface area (Å²) < 4.78 is 9.23. The predicted molar refractivity (Wildman–Crippen MR) is 72.2 cm³/mol. The quantitative estimate of drug-likeness (QED) is 0.659. The van der Waals surface area contributed by atoms with Crippen molar-refractivity contribution in [3.05, 3.63) is 0 Å². The number of hydrogen-bond donors (Lipinski definition) is 0. The molecule has 0 rings (SSSR count). The summed E-state index contributed by atoms with van der Waals surface area (Å²) in [7, 11) is 1.41. The average Bonchev–Trinajstić information content (AvgIpc) is 2.37. The Labute approximate surface area is 111 Å². The second-order valence-electron chi connectivity index (χ2n) is 4.12. The highest BCUT2D eigenvalue weighted by atomic mass is 16.5. The summed E-state index contributed by atoms with van der Waals surface area (Å²) in [6.07, 6.45) is 4.52. The number of rotatable bonds is 7.